The summed E-state index contributed by atoms with van der Waals surface area (Å²) in [6, 6.07) is 8.13. The van der Waals surface area contributed by atoms with Crippen LogP contribution in [0.4, 0.5) is 0 Å². The summed E-state index contributed by atoms with van der Waals surface area (Å²) < 4.78 is 25.4. The fourth-order valence-corrected chi connectivity index (χ4v) is 4.33. The fourth-order valence-electron chi connectivity index (χ4n) is 3.20. The Morgan fingerprint density at radius 3 is 2.48 bits per heavy atom. The average molecular weight is 391 g/mol. The average Bonchev–Trinajstić information content (AvgIpc) is 2.54. The topological polar surface area (TPSA) is 77.9 Å². The lowest BCUT2D eigenvalue weighted by atomic mass is 10.0. The molecule has 142 valence electrons. The van der Waals surface area contributed by atoms with Crippen LogP contribution in [0.2, 0.25) is 0 Å². The molecule has 1 heterocycles. The predicted octanol–water partition coefficient (Wildman–Crippen LogP) is 2.12. The van der Waals surface area contributed by atoms with Crippen LogP contribution in [0.15, 0.2) is 24.3 Å². The molecular weight excluding hydrogens is 364 g/mol. The molecule has 0 amide bonds. The number of halogens is 1. The molecule has 8 heteroatoms. The van der Waals surface area contributed by atoms with Gasteiger partial charge in [-0.1, -0.05) is 29.8 Å². The van der Waals surface area contributed by atoms with Crippen LogP contribution in [-0.2, 0) is 21.4 Å². The van der Waals surface area contributed by atoms with Gasteiger partial charge in [-0.2, -0.15) is 0 Å². The van der Waals surface area contributed by atoms with E-state index in [1.54, 1.807) is 6.92 Å². The number of piperidine rings is 1. The molecule has 0 bridgehead atoms. The summed E-state index contributed by atoms with van der Waals surface area (Å²) in [6.45, 7) is 5.13. The third-order valence-electron chi connectivity index (χ3n) is 4.50. The van der Waals surface area contributed by atoms with E-state index < -0.39 is 16.0 Å². The van der Waals surface area contributed by atoms with Crippen molar-refractivity contribution < 1.29 is 18.3 Å². The van der Waals surface area contributed by atoms with E-state index in [4.69, 9.17) is 0 Å². The molecule has 1 saturated heterocycles. The van der Waals surface area contributed by atoms with Gasteiger partial charge in [-0.15, -0.1) is 12.4 Å². The van der Waals surface area contributed by atoms with E-state index in [2.05, 4.69) is 6.07 Å². The number of benzene rings is 1. The highest BCUT2D eigenvalue weighted by molar-refractivity contribution is 7.89. The summed E-state index contributed by atoms with van der Waals surface area (Å²) in [5, 5.41) is 9.22. The zero-order valence-corrected chi connectivity index (χ0v) is 16.4. The lowest BCUT2D eigenvalue weighted by molar-refractivity contribution is -0.139. The normalized spacial score (nSPS) is 16.6. The van der Waals surface area contributed by atoms with Crippen LogP contribution in [0.1, 0.15) is 30.9 Å². The van der Waals surface area contributed by atoms with Crippen LogP contribution in [0.25, 0.3) is 0 Å². The lowest BCUT2D eigenvalue weighted by Gasteiger charge is -2.37. The molecule has 0 radical (unpaired) electrons. The fraction of sp³-hybridized carbons (Fsp3) is 0.588. The van der Waals surface area contributed by atoms with E-state index in [1.165, 1.54) is 4.31 Å². The Morgan fingerprint density at radius 1 is 1.32 bits per heavy atom. The number of hydrogen-bond acceptors (Lipinski definition) is 4. The number of rotatable bonds is 7. The SMILES string of the molecule is CCS(=O)(=O)N1CCC(N(CC(=O)O)Cc2cccc(C)c2)CC1.Cl. The van der Waals surface area contributed by atoms with Crippen molar-refractivity contribution >= 4 is 28.4 Å². The highest BCUT2D eigenvalue weighted by Gasteiger charge is 2.30. The zero-order valence-electron chi connectivity index (χ0n) is 14.7. The van der Waals surface area contributed by atoms with Crippen molar-refractivity contribution in [3.05, 3.63) is 35.4 Å². The molecule has 1 aliphatic rings. The van der Waals surface area contributed by atoms with Crippen molar-refractivity contribution in [1.82, 2.24) is 9.21 Å². The van der Waals surface area contributed by atoms with Gasteiger partial charge in [-0.25, -0.2) is 12.7 Å². The molecule has 1 aliphatic heterocycles. The Hall–Kier alpha value is -1.15. The van der Waals surface area contributed by atoms with Crippen molar-refractivity contribution in [1.29, 1.82) is 0 Å². The Labute approximate surface area is 156 Å². The molecule has 0 spiro atoms. The maximum atomic E-state index is 12.0. The summed E-state index contributed by atoms with van der Waals surface area (Å²) in [5.41, 5.74) is 2.23. The van der Waals surface area contributed by atoms with Crippen molar-refractivity contribution in [2.75, 3.05) is 25.4 Å². The summed E-state index contributed by atoms with van der Waals surface area (Å²) in [6.07, 6.45) is 1.33. The first-order valence-corrected chi connectivity index (χ1v) is 9.92. The highest BCUT2D eigenvalue weighted by Crippen LogP contribution is 2.21. The van der Waals surface area contributed by atoms with E-state index in [0.29, 0.717) is 32.5 Å². The Bertz CT molecular complexity index is 673. The molecule has 6 nitrogen and oxygen atoms in total. The smallest absolute Gasteiger partial charge is 0.317 e. The Kier molecular flexibility index (Phi) is 8.34. The molecule has 0 saturated carbocycles. The third-order valence-corrected chi connectivity index (χ3v) is 6.39. The van der Waals surface area contributed by atoms with E-state index in [-0.39, 0.29) is 30.7 Å². The van der Waals surface area contributed by atoms with Gasteiger partial charge in [0.1, 0.15) is 0 Å². The molecular formula is C17H27ClN2O4S. The van der Waals surface area contributed by atoms with Crippen molar-refractivity contribution in [2.45, 2.75) is 39.3 Å². The number of carboxylic acid groups (broad SMARTS) is 1. The number of carbonyl (C=O) groups is 1. The van der Waals surface area contributed by atoms with Crippen LogP contribution in [0, 0.1) is 6.92 Å². The summed E-state index contributed by atoms with van der Waals surface area (Å²) in [5.74, 6) is -0.744. The molecule has 1 N–H and O–H groups in total. The van der Waals surface area contributed by atoms with Gasteiger partial charge in [0.05, 0.1) is 12.3 Å². The van der Waals surface area contributed by atoms with Gasteiger partial charge in [0.2, 0.25) is 10.0 Å². The molecule has 2 rings (SSSR count). The van der Waals surface area contributed by atoms with E-state index in [1.807, 2.05) is 30.0 Å². The number of aryl methyl sites for hydroxylation is 1. The van der Waals surface area contributed by atoms with Crippen molar-refractivity contribution in [3.8, 4) is 0 Å². The van der Waals surface area contributed by atoms with Crippen LogP contribution < -0.4 is 0 Å². The minimum Gasteiger partial charge on any atom is -0.480 e. The van der Waals surface area contributed by atoms with Crippen LogP contribution in [-0.4, -0.2) is 60.1 Å². The molecule has 0 aromatic heterocycles. The van der Waals surface area contributed by atoms with E-state index >= 15 is 0 Å². The number of hydrogen-bond donors (Lipinski definition) is 1. The van der Waals surface area contributed by atoms with Gasteiger partial charge in [0.25, 0.3) is 0 Å². The van der Waals surface area contributed by atoms with E-state index in [0.717, 1.165) is 11.1 Å². The maximum absolute atomic E-state index is 12.0. The Balaban J connectivity index is 0.00000312. The van der Waals surface area contributed by atoms with Gasteiger partial charge < -0.3 is 5.11 Å². The third kappa shape index (κ3) is 6.26. The molecule has 0 atom stereocenters. The van der Waals surface area contributed by atoms with Crippen LogP contribution >= 0.6 is 12.4 Å². The Morgan fingerprint density at radius 2 is 1.96 bits per heavy atom. The van der Waals surface area contributed by atoms with Crippen molar-refractivity contribution in [2.24, 2.45) is 0 Å². The van der Waals surface area contributed by atoms with E-state index in [9.17, 15) is 18.3 Å². The first-order valence-electron chi connectivity index (χ1n) is 8.31. The second kappa shape index (κ2) is 9.52. The van der Waals surface area contributed by atoms with Crippen LogP contribution in [0.5, 0.6) is 0 Å². The largest absolute Gasteiger partial charge is 0.480 e. The van der Waals surface area contributed by atoms with Gasteiger partial charge in [-0.05, 0) is 32.3 Å². The number of nitrogens with zero attached hydrogens (tertiary/aromatic N) is 2. The monoisotopic (exact) mass is 390 g/mol. The summed E-state index contributed by atoms with van der Waals surface area (Å²) in [4.78, 5) is 13.2. The number of sulfonamides is 1. The lowest BCUT2D eigenvalue weighted by Crippen LogP contribution is -2.48. The molecule has 1 fully saturated rings. The first-order chi connectivity index (χ1) is 11.3. The molecule has 0 unspecified atom stereocenters. The predicted molar refractivity (Wildman–Crippen MR) is 101 cm³/mol. The molecule has 1 aromatic carbocycles. The molecule has 0 aliphatic carbocycles. The first kappa shape index (κ1) is 21.9. The summed E-state index contributed by atoms with van der Waals surface area (Å²) in [7, 11) is -3.16. The van der Waals surface area contributed by atoms with Gasteiger partial charge in [0.15, 0.2) is 0 Å². The maximum Gasteiger partial charge on any atom is 0.317 e. The number of carboxylic acids is 1. The van der Waals surface area contributed by atoms with Gasteiger partial charge >= 0.3 is 5.97 Å². The van der Waals surface area contributed by atoms with Gasteiger partial charge in [-0.3, -0.25) is 9.69 Å². The minimum absolute atomic E-state index is 0. The van der Waals surface area contributed by atoms with Crippen molar-refractivity contribution in [3.63, 3.8) is 0 Å². The highest BCUT2D eigenvalue weighted by atomic mass is 35.5. The quantitative estimate of drug-likeness (QED) is 0.771. The zero-order chi connectivity index (χ0) is 17.7. The second-order valence-corrected chi connectivity index (χ2v) is 8.58. The second-order valence-electron chi connectivity index (χ2n) is 6.32. The standard InChI is InChI=1S/C17H26N2O4S.ClH/c1-3-24(22,23)19-9-7-16(8-10-19)18(13-17(20)21)12-15-6-4-5-14(2)11-15;/h4-6,11,16H,3,7-10,12-13H2,1-2H3,(H,20,21);1H. The number of aliphatic carboxylic acids is 1. The van der Waals surface area contributed by atoms with Gasteiger partial charge in [0, 0.05) is 25.7 Å². The molecule has 25 heavy (non-hydrogen) atoms. The minimum atomic E-state index is -3.16. The molecule has 1 aromatic rings. The van der Waals surface area contributed by atoms with Crippen LogP contribution in [0.3, 0.4) is 0 Å². The summed E-state index contributed by atoms with van der Waals surface area (Å²) >= 11 is 0.